The molecule has 0 heterocycles. The van der Waals surface area contributed by atoms with Gasteiger partial charge in [0.2, 0.25) is 0 Å². The maximum Gasteiger partial charge on any atom is 0.407 e. The van der Waals surface area contributed by atoms with Crippen LogP contribution >= 0.6 is 11.6 Å². The van der Waals surface area contributed by atoms with Crippen molar-refractivity contribution >= 4 is 17.3 Å². The van der Waals surface area contributed by atoms with Gasteiger partial charge >= 0.3 is 6.18 Å². The first-order valence-corrected chi connectivity index (χ1v) is 4.18. The van der Waals surface area contributed by atoms with Gasteiger partial charge in [0.1, 0.15) is 11.9 Å². The highest BCUT2D eigenvalue weighted by Crippen LogP contribution is 2.35. The molecule has 1 atom stereocenters. The molecular formula is C8H7ClF4N2. The van der Waals surface area contributed by atoms with E-state index in [9.17, 15) is 17.6 Å². The number of hydrogen-bond donors (Lipinski definition) is 2. The molecule has 1 rings (SSSR count). The first kappa shape index (κ1) is 12.1. The maximum atomic E-state index is 12.9. The van der Waals surface area contributed by atoms with E-state index in [0.29, 0.717) is 6.07 Å². The highest BCUT2D eigenvalue weighted by atomic mass is 35.5. The summed E-state index contributed by atoms with van der Waals surface area (Å²) in [5.41, 5.74) is 9.14. The molecule has 84 valence electrons. The van der Waals surface area contributed by atoms with Crippen molar-refractivity contribution in [2.24, 2.45) is 5.73 Å². The molecule has 2 nitrogen and oxygen atoms in total. The van der Waals surface area contributed by atoms with E-state index >= 15 is 0 Å². The van der Waals surface area contributed by atoms with E-state index in [-0.39, 0.29) is 10.7 Å². The van der Waals surface area contributed by atoms with Gasteiger partial charge in [-0.25, -0.2) is 4.39 Å². The number of halogens is 5. The number of rotatable bonds is 1. The second-order valence-electron chi connectivity index (χ2n) is 2.91. The van der Waals surface area contributed by atoms with Gasteiger partial charge in [0, 0.05) is 5.02 Å². The lowest BCUT2D eigenvalue weighted by atomic mass is 10.1. The van der Waals surface area contributed by atoms with Gasteiger partial charge in [-0.1, -0.05) is 11.6 Å². The van der Waals surface area contributed by atoms with Crippen molar-refractivity contribution in [2.75, 3.05) is 5.73 Å². The van der Waals surface area contributed by atoms with Crippen molar-refractivity contribution in [2.45, 2.75) is 12.2 Å². The van der Waals surface area contributed by atoms with Crippen LogP contribution in [0.4, 0.5) is 23.2 Å². The van der Waals surface area contributed by atoms with Crippen LogP contribution < -0.4 is 11.5 Å². The SMILES string of the molecule is Nc1cc(Cl)c([C@H](N)C(F)(F)F)cc1F. The van der Waals surface area contributed by atoms with Crippen LogP contribution in [0.1, 0.15) is 11.6 Å². The third-order valence-electron chi connectivity index (χ3n) is 1.80. The molecule has 1 aromatic carbocycles. The average Bonchev–Trinajstić information content (AvgIpc) is 2.08. The van der Waals surface area contributed by atoms with Crippen LogP contribution in [-0.2, 0) is 0 Å². The fourth-order valence-corrected chi connectivity index (χ4v) is 1.28. The van der Waals surface area contributed by atoms with Gasteiger partial charge in [-0.2, -0.15) is 13.2 Å². The molecule has 4 N–H and O–H groups in total. The molecule has 0 saturated carbocycles. The zero-order valence-electron chi connectivity index (χ0n) is 7.28. The highest BCUT2D eigenvalue weighted by Gasteiger charge is 2.39. The van der Waals surface area contributed by atoms with Crippen molar-refractivity contribution in [3.8, 4) is 0 Å². The second-order valence-corrected chi connectivity index (χ2v) is 3.32. The predicted octanol–water partition coefficient (Wildman–Crippen LogP) is 2.62. The van der Waals surface area contributed by atoms with Crippen LogP contribution in [0.3, 0.4) is 0 Å². The summed E-state index contributed by atoms with van der Waals surface area (Å²) in [5, 5.41) is -0.307. The summed E-state index contributed by atoms with van der Waals surface area (Å²) in [6, 6.07) is -0.826. The van der Waals surface area contributed by atoms with E-state index in [1.165, 1.54) is 0 Å². The zero-order valence-corrected chi connectivity index (χ0v) is 8.03. The predicted molar refractivity (Wildman–Crippen MR) is 48.8 cm³/mol. The maximum absolute atomic E-state index is 12.9. The summed E-state index contributed by atoms with van der Waals surface area (Å²) in [7, 11) is 0. The lowest BCUT2D eigenvalue weighted by Gasteiger charge is -2.17. The van der Waals surface area contributed by atoms with Gasteiger partial charge in [-0.05, 0) is 17.7 Å². The Bertz CT molecular complexity index is 378. The van der Waals surface area contributed by atoms with Crippen LogP contribution in [0.25, 0.3) is 0 Å². The molecule has 0 aliphatic heterocycles. The van der Waals surface area contributed by atoms with E-state index in [1.807, 2.05) is 0 Å². The smallest absolute Gasteiger partial charge is 0.396 e. The number of nitrogen functional groups attached to an aromatic ring is 1. The summed E-state index contributed by atoms with van der Waals surface area (Å²) in [4.78, 5) is 0. The van der Waals surface area contributed by atoms with Gasteiger partial charge in [0.05, 0.1) is 5.69 Å². The summed E-state index contributed by atoms with van der Waals surface area (Å²) >= 11 is 5.48. The molecule has 1 aromatic rings. The Balaban J connectivity index is 3.21. The van der Waals surface area contributed by atoms with E-state index in [2.05, 4.69) is 0 Å². The quantitative estimate of drug-likeness (QED) is 0.588. The van der Waals surface area contributed by atoms with Gasteiger partial charge < -0.3 is 11.5 Å². The van der Waals surface area contributed by atoms with Crippen molar-refractivity contribution in [1.29, 1.82) is 0 Å². The molecule has 7 heteroatoms. The average molecular weight is 243 g/mol. The molecule has 0 amide bonds. The molecule has 15 heavy (non-hydrogen) atoms. The fourth-order valence-electron chi connectivity index (χ4n) is 0.992. The summed E-state index contributed by atoms with van der Waals surface area (Å²) in [6.45, 7) is 0. The standard InChI is InChI=1S/C8H7ClF4N2/c9-4-2-6(14)5(10)1-3(4)7(15)8(11,12)13/h1-2,7H,14-15H2/t7-/m0/s1. The van der Waals surface area contributed by atoms with Gasteiger partial charge in [0.15, 0.2) is 0 Å². The molecule has 0 fully saturated rings. The van der Waals surface area contributed by atoms with Crippen molar-refractivity contribution in [3.05, 3.63) is 28.5 Å². The molecule has 0 saturated heterocycles. The number of benzene rings is 1. The Morgan fingerprint density at radius 1 is 1.27 bits per heavy atom. The van der Waals surface area contributed by atoms with Crippen molar-refractivity contribution < 1.29 is 17.6 Å². The van der Waals surface area contributed by atoms with Gasteiger partial charge in [-0.15, -0.1) is 0 Å². The number of alkyl halides is 3. The summed E-state index contributed by atoms with van der Waals surface area (Å²) in [6.07, 6.45) is -4.67. The van der Waals surface area contributed by atoms with Crippen LogP contribution in [0.2, 0.25) is 5.02 Å². The molecule has 0 aromatic heterocycles. The first-order valence-electron chi connectivity index (χ1n) is 3.80. The van der Waals surface area contributed by atoms with Gasteiger partial charge in [0.25, 0.3) is 0 Å². The van der Waals surface area contributed by atoms with Crippen LogP contribution in [0.5, 0.6) is 0 Å². The lowest BCUT2D eigenvalue weighted by Crippen LogP contribution is -2.28. The monoisotopic (exact) mass is 242 g/mol. The van der Waals surface area contributed by atoms with Crippen LogP contribution in [-0.4, -0.2) is 6.18 Å². The summed E-state index contributed by atoms with van der Waals surface area (Å²) in [5.74, 6) is -0.978. The highest BCUT2D eigenvalue weighted by molar-refractivity contribution is 6.31. The topological polar surface area (TPSA) is 52.0 Å². The van der Waals surface area contributed by atoms with Crippen molar-refractivity contribution in [1.82, 2.24) is 0 Å². The number of nitrogens with two attached hydrogens (primary N) is 2. The number of hydrogen-bond acceptors (Lipinski definition) is 2. The molecule has 0 aliphatic rings. The third-order valence-corrected chi connectivity index (χ3v) is 2.13. The third kappa shape index (κ3) is 2.51. The molecule has 0 radical (unpaired) electrons. The van der Waals surface area contributed by atoms with Crippen LogP contribution in [0.15, 0.2) is 12.1 Å². The van der Waals surface area contributed by atoms with E-state index in [4.69, 9.17) is 23.1 Å². The Labute approximate surface area is 87.8 Å². The van der Waals surface area contributed by atoms with E-state index < -0.39 is 23.6 Å². The lowest BCUT2D eigenvalue weighted by molar-refractivity contribution is -0.149. The van der Waals surface area contributed by atoms with Crippen molar-refractivity contribution in [3.63, 3.8) is 0 Å². The fraction of sp³-hybridized carbons (Fsp3) is 0.250. The minimum Gasteiger partial charge on any atom is -0.396 e. The summed E-state index contributed by atoms with van der Waals surface area (Å²) < 4.78 is 49.5. The largest absolute Gasteiger partial charge is 0.407 e. The minimum absolute atomic E-state index is 0.307. The Morgan fingerprint density at radius 2 is 1.80 bits per heavy atom. The van der Waals surface area contributed by atoms with Crippen LogP contribution in [0, 0.1) is 5.82 Å². The second kappa shape index (κ2) is 3.86. The molecule has 0 aliphatic carbocycles. The van der Waals surface area contributed by atoms with E-state index in [0.717, 1.165) is 6.07 Å². The Morgan fingerprint density at radius 3 is 2.27 bits per heavy atom. The molecule has 0 spiro atoms. The number of anilines is 1. The Kier molecular flexibility index (Phi) is 3.11. The zero-order chi connectivity index (χ0) is 11.8. The van der Waals surface area contributed by atoms with E-state index in [1.54, 1.807) is 0 Å². The van der Waals surface area contributed by atoms with Gasteiger partial charge in [-0.3, -0.25) is 0 Å². The minimum atomic E-state index is -4.67. The Hall–Kier alpha value is -1.01. The normalized spacial score (nSPS) is 14.0. The molecule has 0 unspecified atom stereocenters. The first-order chi connectivity index (χ1) is 6.73. The molecular weight excluding hydrogens is 236 g/mol. The molecule has 0 bridgehead atoms.